The predicted molar refractivity (Wildman–Crippen MR) is 120 cm³/mol. The quantitative estimate of drug-likeness (QED) is 0.607. The fourth-order valence-corrected chi connectivity index (χ4v) is 3.65. The number of hydrogen-bond donors (Lipinski definition) is 0. The highest BCUT2D eigenvalue weighted by atomic mass is 35.5. The maximum Gasteiger partial charge on any atom is 0.263 e. The van der Waals surface area contributed by atoms with Gasteiger partial charge in [0.05, 0.1) is 5.69 Å². The maximum absolute atomic E-state index is 12.8. The number of anilines is 1. The van der Waals surface area contributed by atoms with E-state index in [0.29, 0.717) is 37.0 Å². The number of aryl methyl sites for hydroxylation is 1. The second-order valence-electron chi connectivity index (χ2n) is 7.50. The van der Waals surface area contributed by atoms with Gasteiger partial charge in [0.2, 0.25) is 0 Å². The van der Waals surface area contributed by atoms with Crippen molar-refractivity contribution in [3.8, 4) is 17.0 Å². The first-order chi connectivity index (χ1) is 15.0. The molecular formula is C23H24ClN5O2. The van der Waals surface area contributed by atoms with Gasteiger partial charge in [0.15, 0.2) is 11.9 Å². The van der Waals surface area contributed by atoms with Crippen LogP contribution in [0.1, 0.15) is 12.5 Å². The van der Waals surface area contributed by atoms with Gasteiger partial charge < -0.3 is 14.5 Å². The molecule has 4 rings (SSSR count). The highest BCUT2D eigenvalue weighted by Gasteiger charge is 2.26. The van der Waals surface area contributed by atoms with Crippen molar-refractivity contribution in [2.75, 3.05) is 31.1 Å². The molecule has 0 aliphatic carbocycles. The summed E-state index contributed by atoms with van der Waals surface area (Å²) in [6.07, 6.45) is 2.91. The Labute approximate surface area is 186 Å². The number of piperazine rings is 1. The normalized spacial score (nSPS) is 14.9. The van der Waals surface area contributed by atoms with Crippen molar-refractivity contribution in [3.63, 3.8) is 0 Å². The molecule has 160 valence electrons. The lowest BCUT2D eigenvalue weighted by molar-refractivity contribution is -0.138. The van der Waals surface area contributed by atoms with Gasteiger partial charge >= 0.3 is 0 Å². The molecule has 1 aromatic carbocycles. The molecule has 0 saturated carbocycles. The molecule has 1 aliphatic rings. The van der Waals surface area contributed by atoms with E-state index in [0.717, 1.165) is 22.6 Å². The number of ether oxygens (including phenoxy) is 1. The van der Waals surface area contributed by atoms with Gasteiger partial charge in [-0.2, -0.15) is 0 Å². The van der Waals surface area contributed by atoms with Crippen LogP contribution in [-0.4, -0.2) is 58.3 Å². The number of halogens is 1. The molecule has 1 atom stereocenters. The van der Waals surface area contributed by atoms with Gasteiger partial charge in [0, 0.05) is 49.2 Å². The van der Waals surface area contributed by atoms with Gasteiger partial charge in [-0.25, -0.2) is 0 Å². The average molecular weight is 438 g/mol. The van der Waals surface area contributed by atoms with Crippen molar-refractivity contribution in [1.29, 1.82) is 0 Å². The van der Waals surface area contributed by atoms with Crippen molar-refractivity contribution in [2.45, 2.75) is 20.0 Å². The van der Waals surface area contributed by atoms with E-state index in [1.54, 1.807) is 31.5 Å². The minimum Gasteiger partial charge on any atom is -0.481 e. The Morgan fingerprint density at radius 1 is 1.03 bits per heavy atom. The molecule has 0 spiro atoms. The smallest absolute Gasteiger partial charge is 0.263 e. The van der Waals surface area contributed by atoms with Crippen molar-refractivity contribution in [3.05, 3.63) is 65.4 Å². The van der Waals surface area contributed by atoms with E-state index >= 15 is 0 Å². The predicted octanol–water partition coefficient (Wildman–Crippen LogP) is 3.62. The third kappa shape index (κ3) is 4.94. The number of benzene rings is 1. The summed E-state index contributed by atoms with van der Waals surface area (Å²) < 4.78 is 5.84. The number of carbonyl (C=O) groups is 1. The Kier molecular flexibility index (Phi) is 6.32. The average Bonchev–Trinajstić information content (AvgIpc) is 2.82. The van der Waals surface area contributed by atoms with Gasteiger partial charge in [-0.1, -0.05) is 11.6 Å². The van der Waals surface area contributed by atoms with Crippen molar-refractivity contribution < 1.29 is 9.53 Å². The van der Waals surface area contributed by atoms with E-state index in [4.69, 9.17) is 16.3 Å². The molecule has 1 amide bonds. The molecule has 0 N–H and O–H groups in total. The zero-order valence-corrected chi connectivity index (χ0v) is 18.3. The number of pyridine rings is 1. The lowest BCUT2D eigenvalue weighted by atomic mass is 10.2. The highest BCUT2D eigenvalue weighted by molar-refractivity contribution is 6.31. The zero-order valence-electron chi connectivity index (χ0n) is 17.5. The Morgan fingerprint density at radius 2 is 1.77 bits per heavy atom. The van der Waals surface area contributed by atoms with Gasteiger partial charge in [0.25, 0.3) is 5.91 Å². The summed E-state index contributed by atoms with van der Waals surface area (Å²) in [5.41, 5.74) is 2.71. The molecule has 3 heterocycles. The number of hydrogen-bond acceptors (Lipinski definition) is 6. The first-order valence-electron chi connectivity index (χ1n) is 10.2. The lowest BCUT2D eigenvalue weighted by Gasteiger charge is -2.36. The van der Waals surface area contributed by atoms with E-state index in [9.17, 15) is 4.79 Å². The van der Waals surface area contributed by atoms with Gasteiger partial charge in [-0.3, -0.25) is 9.78 Å². The lowest BCUT2D eigenvalue weighted by Crippen LogP contribution is -2.52. The number of aromatic nitrogens is 3. The van der Waals surface area contributed by atoms with Crippen LogP contribution in [0.25, 0.3) is 11.3 Å². The molecule has 1 saturated heterocycles. The Hall–Kier alpha value is -3.19. The molecule has 31 heavy (non-hydrogen) atoms. The number of carbonyl (C=O) groups excluding carboxylic acids is 1. The molecule has 0 bridgehead atoms. The van der Waals surface area contributed by atoms with Crippen LogP contribution in [0.2, 0.25) is 5.02 Å². The van der Waals surface area contributed by atoms with Gasteiger partial charge in [-0.05, 0) is 61.9 Å². The zero-order chi connectivity index (χ0) is 21.8. The first-order valence-corrected chi connectivity index (χ1v) is 10.6. The summed E-state index contributed by atoms with van der Waals surface area (Å²) in [6, 6.07) is 13.1. The van der Waals surface area contributed by atoms with Gasteiger partial charge in [-0.15, -0.1) is 10.2 Å². The summed E-state index contributed by atoms with van der Waals surface area (Å²) >= 11 is 6.06. The molecule has 3 aromatic rings. The van der Waals surface area contributed by atoms with Crippen LogP contribution in [0.5, 0.6) is 5.75 Å². The number of rotatable bonds is 5. The molecule has 2 aromatic heterocycles. The van der Waals surface area contributed by atoms with Crippen LogP contribution in [0.3, 0.4) is 0 Å². The Bertz CT molecular complexity index is 1040. The van der Waals surface area contributed by atoms with Crippen LogP contribution in [0, 0.1) is 6.92 Å². The monoisotopic (exact) mass is 437 g/mol. The van der Waals surface area contributed by atoms with Crippen LogP contribution >= 0.6 is 11.6 Å². The van der Waals surface area contributed by atoms with E-state index < -0.39 is 6.10 Å². The second-order valence-corrected chi connectivity index (χ2v) is 7.90. The summed E-state index contributed by atoms with van der Waals surface area (Å²) in [5.74, 6) is 1.43. The molecular weight excluding hydrogens is 414 g/mol. The van der Waals surface area contributed by atoms with Gasteiger partial charge in [0.1, 0.15) is 5.75 Å². The number of nitrogens with zero attached hydrogens (tertiary/aromatic N) is 5. The molecule has 0 radical (unpaired) electrons. The standard InChI is InChI=1S/C23H24ClN5O2/c1-16-15-19(3-4-20(16)24)31-17(2)23(30)29-13-11-28(12-14-29)22-6-5-21(26-27-22)18-7-9-25-10-8-18/h3-10,15,17H,11-14H2,1-2H3. The van der Waals surface area contributed by atoms with Crippen molar-refractivity contribution >= 4 is 23.3 Å². The fraction of sp³-hybridized carbons (Fsp3) is 0.304. The highest BCUT2D eigenvalue weighted by Crippen LogP contribution is 2.23. The summed E-state index contributed by atoms with van der Waals surface area (Å²) in [4.78, 5) is 20.8. The molecule has 8 heteroatoms. The Balaban J connectivity index is 1.32. The topological polar surface area (TPSA) is 71.5 Å². The fourth-order valence-electron chi connectivity index (χ4n) is 3.53. The number of amides is 1. The summed E-state index contributed by atoms with van der Waals surface area (Å²) in [7, 11) is 0. The van der Waals surface area contributed by atoms with Crippen LogP contribution in [0.4, 0.5) is 5.82 Å². The minimum absolute atomic E-state index is 0.0219. The summed E-state index contributed by atoms with van der Waals surface area (Å²) in [5, 5.41) is 9.39. The molecule has 1 aliphatic heterocycles. The third-order valence-electron chi connectivity index (χ3n) is 5.33. The van der Waals surface area contributed by atoms with Crippen molar-refractivity contribution in [1.82, 2.24) is 20.1 Å². The van der Waals surface area contributed by atoms with Crippen LogP contribution in [0.15, 0.2) is 54.9 Å². The molecule has 7 nitrogen and oxygen atoms in total. The summed E-state index contributed by atoms with van der Waals surface area (Å²) in [6.45, 7) is 6.30. The second kappa shape index (κ2) is 9.31. The SMILES string of the molecule is Cc1cc(OC(C)C(=O)N2CCN(c3ccc(-c4ccncc4)nn3)CC2)ccc1Cl. The molecule has 1 unspecified atom stereocenters. The van der Waals surface area contributed by atoms with E-state index in [-0.39, 0.29) is 5.91 Å². The van der Waals surface area contributed by atoms with E-state index in [1.807, 2.05) is 42.2 Å². The maximum atomic E-state index is 12.8. The van der Waals surface area contributed by atoms with Crippen LogP contribution in [-0.2, 0) is 4.79 Å². The van der Waals surface area contributed by atoms with E-state index in [2.05, 4.69) is 20.1 Å². The largest absolute Gasteiger partial charge is 0.481 e. The minimum atomic E-state index is -0.563. The van der Waals surface area contributed by atoms with Crippen LogP contribution < -0.4 is 9.64 Å². The third-order valence-corrected chi connectivity index (χ3v) is 5.76. The first kappa shape index (κ1) is 21.1. The van der Waals surface area contributed by atoms with Crippen molar-refractivity contribution in [2.24, 2.45) is 0 Å². The Morgan fingerprint density at radius 3 is 2.42 bits per heavy atom. The molecule has 1 fully saturated rings. The van der Waals surface area contributed by atoms with E-state index in [1.165, 1.54) is 0 Å².